The van der Waals surface area contributed by atoms with Crippen LogP contribution in [0.15, 0.2) is 0 Å². The average molecular weight is 801 g/mol. The Bertz CT molecular complexity index is 528. The molecule has 0 rings (SSSR count). The summed E-state index contributed by atoms with van der Waals surface area (Å²) in [5, 5.41) is 0. The van der Waals surface area contributed by atoms with Gasteiger partial charge in [0, 0.05) is 0 Å². The molecule has 0 aromatic heterocycles. The molecule has 0 bridgehead atoms. The fraction of sp³-hybridized carbons (Fsp3) is 1.00. The van der Waals surface area contributed by atoms with E-state index in [4.69, 9.17) is 0 Å². The first-order valence-electron chi connectivity index (χ1n) is 17.6. The Hall–Kier alpha value is 0.928. The van der Waals surface area contributed by atoms with Gasteiger partial charge in [-0.1, -0.05) is 149 Å². The largest absolute Gasteiger partial charge is 4.00 e. The smallest absolute Gasteiger partial charge is 0.596 e. The van der Waals surface area contributed by atoms with E-state index in [1.165, 1.54) is 103 Å². The summed E-state index contributed by atoms with van der Waals surface area (Å²) in [5.41, 5.74) is 0. The molecular formula is C32H68MoO8P4+4. The minimum atomic E-state index is -2.12. The second-order valence-electron chi connectivity index (χ2n) is 11.3. The molecule has 4 atom stereocenters. The van der Waals surface area contributed by atoms with E-state index >= 15 is 0 Å². The first-order valence-corrected chi connectivity index (χ1v) is 23.0. The maximum Gasteiger partial charge on any atom is 4.00 e. The average Bonchev–Trinajstić information content (AvgIpc) is 2.97. The van der Waals surface area contributed by atoms with Crippen LogP contribution in [0.4, 0.5) is 0 Å². The zero-order valence-corrected chi connectivity index (χ0v) is 34.8. The van der Waals surface area contributed by atoms with Gasteiger partial charge in [-0.3, -0.25) is 0 Å². The predicted octanol–water partition coefficient (Wildman–Crippen LogP) is 9.80. The van der Waals surface area contributed by atoms with Crippen molar-refractivity contribution in [2.24, 2.45) is 0 Å². The first-order chi connectivity index (χ1) is 21.1. The van der Waals surface area contributed by atoms with Gasteiger partial charge < -0.3 is 19.6 Å². The second-order valence-corrected chi connectivity index (χ2v) is 15.7. The maximum atomic E-state index is 10.1. The van der Waals surface area contributed by atoms with Crippen molar-refractivity contribution < 1.29 is 58.9 Å². The number of rotatable bonds is 28. The molecule has 45 heavy (non-hydrogen) atoms. The molecule has 0 aliphatic carbocycles. The topological polar surface area (TPSA) is 161 Å². The minimum Gasteiger partial charge on any atom is -0.596 e. The van der Waals surface area contributed by atoms with E-state index in [1.54, 1.807) is 0 Å². The third kappa shape index (κ3) is 76.4. The van der Waals surface area contributed by atoms with Crippen LogP contribution in [-0.4, -0.2) is 24.6 Å². The van der Waals surface area contributed by atoms with Crippen LogP contribution in [0.25, 0.3) is 0 Å². The van der Waals surface area contributed by atoms with Crippen molar-refractivity contribution in [1.29, 1.82) is 0 Å². The summed E-state index contributed by atoms with van der Waals surface area (Å²) < 4.78 is 40.5. The van der Waals surface area contributed by atoms with E-state index in [0.717, 1.165) is 51.4 Å². The normalized spacial score (nSPS) is 11.4. The molecule has 0 saturated heterocycles. The Labute approximate surface area is 296 Å². The zero-order chi connectivity index (χ0) is 34.1. The molecule has 0 aliphatic rings. The fourth-order valence-corrected chi connectivity index (χ4v) is 6.01. The maximum absolute atomic E-state index is 10.1. The summed E-state index contributed by atoms with van der Waals surface area (Å²) in [4.78, 5) is 40.5. The molecule has 0 fully saturated rings. The van der Waals surface area contributed by atoms with Gasteiger partial charge in [-0.15, -0.1) is 0 Å². The number of hydrogen-bond donors (Lipinski definition) is 0. The molecule has 0 N–H and O–H groups in total. The van der Waals surface area contributed by atoms with Gasteiger partial charge in [0.1, 0.15) is 24.6 Å². The van der Waals surface area contributed by atoms with Gasteiger partial charge in [0.2, 0.25) is 0 Å². The Morgan fingerprint density at radius 3 is 0.556 bits per heavy atom. The molecule has 266 valence electrons. The molecule has 0 radical (unpaired) electrons. The molecule has 4 unspecified atom stereocenters. The van der Waals surface area contributed by atoms with Gasteiger partial charge in [0.05, 0.1) is 0 Å². The quantitative estimate of drug-likeness (QED) is 0.0429. The van der Waals surface area contributed by atoms with Crippen LogP contribution in [0, 0.1) is 0 Å². The molecule has 0 saturated carbocycles. The van der Waals surface area contributed by atoms with Gasteiger partial charge >= 0.3 is 53.2 Å². The van der Waals surface area contributed by atoms with E-state index in [2.05, 4.69) is 27.7 Å². The summed E-state index contributed by atoms with van der Waals surface area (Å²) >= 11 is 0. The number of hydrogen-bond acceptors (Lipinski definition) is 8. The van der Waals surface area contributed by atoms with E-state index < -0.39 is 32.1 Å². The summed E-state index contributed by atoms with van der Waals surface area (Å²) in [5.74, 6) is 0. The van der Waals surface area contributed by atoms with Gasteiger partial charge in [-0.25, -0.2) is 0 Å². The van der Waals surface area contributed by atoms with Crippen molar-refractivity contribution >= 4 is 32.1 Å². The predicted molar refractivity (Wildman–Crippen MR) is 183 cm³/mol. The van der Waals surface area contributed by atoms with Crippen LogP contribution in [0.3, 0.4) is 0 Å². The second kappa shape index (κ2) is 51.8. The molecule has 0 aromatic rings. The van der Waals surface area contributed by atoms with Gasteiger partial charge in [0.25, 0.3) is 0 Å². The summed E-state index contributed by atoms with van der Waals surface area (Å²) in [6.07, 6.45) is 29.1. The Balaban J connectivity index is -0.000000157. The van der Waals surface area contributed by atoms with Crippen molar-refractivity contribution in [3.8, 4) is 0 Å². The molecule has 0 aliphatic heterocycles. The zero-order valence-electron chi connectivity index (χ0n) is 29.3. The van der Waals surface area contributed by atoms with E-state index in [0.29, 0.717) is 24.6 Å². The van der Waals surface area contributed by atoms with Crippen LogP contribution >= 0.6 is 32.1 Å². The Morgan fingerprint density at radius 2 is 0.422 bits per heavy atom. The monoisotopic (exact) mass is 802 g/mol. The standard InChI is InChI=1S/4C8H17O2P.Mo/c4*1-2-3-4-5-6-7-8-11(9)10;/h4*2-8H2,1H3;/q;;;;+4. The summed E-state index contributed by atoms with van der Waals surface area (Å²) in [7, 11) is -8.50. The molecule has 8 nitrogen and oxygen atoms in total. The third-order valence-electron chi connectivity index (χ3n) is 6.78. The van der Waals surface area contributed by atoms with Crippen molar-refractivity contribution in [2.45, 2.75) is 182 Å². The summed E-state index contributed by atoms with van der Waals surface area (Å²) in [6, 6.07) is 0. The van der Waals surface area contributed by atoms with E-state index in [9.17, 15) is 37.8 Å². The van der Waals surface area contributed by atoms with Crippen LogP contribution in [0.2, 0.25) is 0 Å². The molecule has 0 heterocycles. The molecule has 0 amide bonds. The third-order valence-corrected chi connectivity index (χ3v) is 9.50. The van der Waals surface area contributed by atoms with Crippen molar-refractivity contribution in [3.05, 3.63) is 0 Å². The Morgan fingerprint density at radius 1 is 0.289 bits per heavy atom. The molecule has 0 aromatic carbocycles. The van der Waals surface area contributed by atoms with E-state index in [1.807, 2.05) is 0 Å². The van der Waals surface area contributed by atoms with Crippen molar-refractivity contribution in [2.75, 3.05) is 24.6 Å². The summed E-state index contributed by atoms with van der Waals surface area (Å²) in [6.45, 7) is 8.70. The van der Waals surface area contributed by atoms with Crippen molar-refractivity contribution in [1.82, 2.24) is 0 Å². The van der Waals surface area contributed by atoms with E-state index in [-0.39, 0.29) is 21.1 Å². The van der Waals surface area contributed by atoms with Crippen LogP contribution < -0.4 is 19.6 Å². The molecule has 13 heteroatoms. The van der Waals surface area contributed by atoms with Crippen LogP contribution in [0.1, 0.15) is 182 Å². The minimum absolute atomic E-state index is 0. The van der Waals surface area contributed by atoms with Gasteiger partial charge in [0.15, 0.2) is 0 Å². The number of unbranched alkanes of at least 4 members (excludes halogenated alkanes) is 20. The Kier molecular flexibility index (Phi) is 63.7. The molecular weight excluding hydrogens is 732 g/mol. The first kappa shape index (κ1) is 55.3. The van der Waals surface area contributed by atoms with Crippen LogP contribution in [-0.2, 0) is 39.3 Å². The SMILES string of the molecule is CCCCCCCC[P+](=O)[O-].CCCCCCCC[P+](=O)[O-].CCCCCCCC[P+](=O)[O-].CCCCCCCC[P+](=O)[O-].[Mo+4]. The van der Waals surface area contributed by atoms with Gasteiger partial charge in [-0.05, 0) is 51.4 Å². The van der Waals surface area contributed by atoms with Gasteiger partial charge in [-0.2, -0.15) is 0 Å². The van der Waals surface area contributed by atoms with Crippen LogP contribution in [0.5, 0.6) is 0 Å². The fourth-order valence-electron chi connectivity index (χ4n) is 4.08. The molecule has 0 spiro atoms. The van der Waals surface area contributed by atoms with Crippen molar-refractivity contribution in [3.63, 3.8) is 0 Å².